The Bertz CT molecular complexity index is 3370. The highest BCUT2D eigenvalue weighted by molar-refractivity contribution is 7.25. The molecular formula is C48H29N3S. The second kappa shape index (κ2) is 10.5. The van der Waals surface area contributed by atoms with Gasteiger partial charge in [0, 0.05) is 58.2 Å². The molecule has 0 atom stereocenters. The normalized spacial score (nSPS) is 12.2. The molecule has 0 aliphatic carbocycles. The van der Waals surface area contributed by atoms with Gasteiger partial charge in [0.25, 0.3) is 0 Å². The minimum atomic E-state index is 1.16. The lowest BCUT2D eigenvalue weighted by atomic mass is 10.1. The minimum Gasteiger partial charge on any atom is -0.307 e. The molecule has 0 bridgehead atoms. The number of thiophene rings is 1. The van der Waals surface area contributed by atoms with Gasteiger partial charge in [-0.15, -0.1) is 11.3 Å². The van der Waals surface area contributed by atoms with Gasteiger partial charge in [0.2, 0.25) is 0 Å². The summed E-state index contributed by atoms with van der Waals surface area (Å²) in [6.07, 6.45) is 0. The lowest BCUT2D eigenvalue weighted by molar-refractivity contribution is 1.11. The molecule has 12 aromatic rings. The Hall–Kier alpha value is -6.62. The predicted octanol–water partition coefficient (Wildman–Crippen LogP) is 13.3. The van der Waals surface area contributed by atoms with E-state index < -0.39 is 0 Å². The molecule has 0 saturated carbocycles. The fourth-order valence-corrected chi connectivity index (χ4v) is 10.0. The minimum absolute atomic E-state index is 1.16. The summed E-state index contributed by atoms with van der Waals surface area (Å²) in [6, 6.07) is 64.7. The van der Waals surface area contributed by atoms with Gasteiger partial charge in [-0.1, -0.05) is 115 Å². The summed E-state index contributed by atoms with van der Waals surface area (Å²) in [5.41, 5.74) is 10.7. The van der Waals surface area contributed by atoms with Crippen LogP contribution in [0.4, 0.5) is 0 Å². The SMILES string of the molecule is c1ccc2c(c1)sc1ccc(-n3c4ccccc4c4cccc(-n5c6ccccc6c6cccc(-n7c8ccccc8c8ccccc87)c65)c43)cc12. The molecule has 0 spiro atoms. The summed E-state index contributed by atoms with van der Waals surface area (Å²) in [7, 11) is 0. The van der Waals surface area contributed by atoms with E-state index in [9.17, 15) is 0 Å². The average Bonchev–Trinajstić information content (AvgIpc) is 3.94. The van der Waals surface area contributed by atoms with Gasteiger partial charge in [-0.05, 0) is 60.7 Å². The second-order valence-electron chi connectivity index (χ2n) is 13.7. The van der Waals surface area contributed by atoms with Crippen LogP contribution >= 0.6 is 11.3 Å². The van der Waals surface area contributed by atoms with E-state index in [1.54, 1.807) is 0 Å². The van der Waals surface area contributed by atoms with Crippen molar-refractivity contribution in [2.75, 3.05) is 0 Å². The number of fused-ring (bicyclic) bond motifs is 12. The number of aromatic nitrogens is 3. The van der Waals surface area contributed by atoms with Gasteiger partial charge in [-0.2, -0.15) is 0 Å². The van der Waals surface area contributed by atoms with Crippen LogP contribution in [0.5, 0.6) is 0 Å². The molecule has 4 aromatic heterocycles. The van der Waals surface area contributed by atoms with Gasteiger partial charge in [0.1, 0.15) is 0 Å². The third kappa shape index (κ3) is 3.69. The lowest BCUT2D eigenvalue weighted by Gasteiger charge is -2.17. The highest BCUT2D eigenvalue weighted by Gasteiger charge is 2.23. The van der Waals surface area contributed by atoms with Crippen molar-refractivity contribution in [2.45, 2.75) is 0 Å². The summed E-state index contributed by atoms with van der Waals surface area (Å²) >= 11 is 1.86. The number of hydrogen-bond donors (Lipinski definition) is 0. The Morgan fingerprint density at radius 3 is 1.33 bits per heavy atom. The monoisotopic (exact) mass is 679 g/mol. The molecule has 3 nitrogen and oxygen atoms in total. The zero-order valence-electron chi connectivity index (χ0n) is 28.0. The van der Waals surface area contributed by atoms with Crippen LogP contribution in [0.3, 0.4) is 0 Å². The molecule has 0 N–H and O–H groups in total. The fourth-order valence-electron chi connectivity index (χ4n) is 8.92. The zero-order valence-corrected chi connectivity index (χ0v) is 28.8. The maximum Gasteiger partial charge on any atom is 0.0783 e. The Morgan fingerprint density at radius 2 is 0.712 bits per heavy atom. The molecule has 0 aliphatic heterocycles. The molecule has 4 heterocycles. The van der Waals surface area contributed by atoms with E-state index in [0.29, 0.717) is 0 Å². The molecule has 0 saturated heterocycles. The first kappa shape index (κ1) is 28.1. The summed E-state index contributed by atoms with van der Waals surface area (Å²) < 4.78 is 10.1. The fraction of sp³-hybridized carbons (Fsp3) is 0. The van der Waals surface area contributed by atoms with Crippen molar-refractivity contribution >= 4 is 96.9 Å². The molecule has 12 rings (SSSR count). The number of nitrogens with zero attached hydrogens (tertiary/aromatic N) is 3. The van der Waals surface area contributed by atoms with Crippen LogP contribution in [0.1, 0.15) is 0 Å². The van der Waals surface area contributed by atoms with Crippen LogP contribution in [0.25, 0.3) is 103 Å². The molecule has 0 radical (unpaired) electrons. The van der Waals surface area contributed by atoms with Crippen molar-refractivity contribution < 1.29 is 0 Å². The second-order valence-corrected chi connectivity index (χ2v) is 14.8. The molecule has 52 heavy (non-hydrogen) atoms. The lowest BCUT2D eigenvalue weighted by Crippen LogP contribution is -2.03. The van der Waals surface area contributed by atoms with Crippen molar-refractivity contribution in [3.8, 4) is 17.1 Å². The third-order valence-electron chi connectivity index (χ3n) is 11.0. The van der Waals surface area contributed by atoms with Gasteiger partial charge < -0.3 is 13.7 Å². The van der Waals surface area contributed by atoms with Gasteiger partial charge in [0.05, 0.1) is 44.5 Å². The van der Waals surface area contributed by atoms with E-state index >= 15 is 0 Å². The van der Waals surface area contributed by atoms with Crippen molar-refractivity contribution in [1.29, 1.82) is 0 Å². The third-order valence-corrected chi connectivity index (χ3v) is 12.2. The topological polar surface area (TPSA) is 14.8 Å². The van der Waals surface area contributed by atoms with E-state index in [2.05, 4.69) is 190 Å². The van der Waals surface area contributed by atoms with Crippen LogP contribution in [0.15, 0.2) is 176 Å². The Balaban J connectivity index is 1.25. The first-order chi connectivity index (χ1) is 25.8. The highest BCUT2D eigenvalue weighted by atomic mass is 32.1. The molecule has 8 aromatic carbocycles. The smallest absolute Gasteiger partial charge is 0.0783 e. The van der Waals surface area contributed by atoms with E-state index in [1.165, 1.54) is 85.6 Å². The quantitative estimate of drug-likeness (QED) is 0.177. The van der Waals surface area contributed by atoms with Gasteiger partial charge in [0.15, 0.2) is 0 Å². The standard InChI is InChI=1S/C48H29N3S/c1-7-21-40-31(13-1)32-14-2-8-22-41(32)50(40)43-24-11-19-37-34-16-4-9-23-42(34)51(48(37)43)44-25-12-18-36-33-15-3-6-20-39(33)49(47(36)44)30-27-28-46-38(29-30)35-17-5-10-26-45(35)52-46/h1-29H. The van der Waals surface area contributed by atoms with Crippen LogP contribution < -0.4 is 0 Å². The maximum atomic E-state index is 2.53. The number of rotatable bonds is 3. The first-order valence-corrected chi connectivity index (χ1v) is 18.6. The van der Waals surface area contributed by atoms with Crippen molar-refractivity contribution in [3.05, 3.63) is 176 Å². The predicted molar refractivity (Wildman–Crippen MR) is 222 cm³/mol. The molecular weight excluding hydrogens is 651 g/mol. The largest absolute Gasteiger partial charge is 0.307 e. The summed E-state index contributed by atoms with van der Waals surface area (Å²) in [4.78, 5) is 0. The van der Waals surface area contributed by atoms with Crippen molar-refractivity contribution in [3.63, 3.8) is 0 Å². The van der Waals surface area contributed by atoms with Crippen LogP contribution in [-0.2, 0) is 0 Å². The van der Waals surface area contributed by atoms with E-state index in [4.69, 9.17) is 0 Å². The number of para-hydroxylation sites is 6. The molecule has 0 unspecified atom stereocenters. The molecule has 4 heteroatoms. The van der Waals surface area contributed by atoms with Gasteiger partial charge in [-0.25, -0.2) is 0 Å². The van der Waals surface area contributed by atoms with E-state index in [-0.39, 0.29) is 0 Å². The molecule has 0 aliphatic rings. The Labute approximate surface area is 302 Å². The van der Waals surface area contributed by atoms with Gasteiger partial charge >= 0.3 is 0 Å². The molecule has 242 valence electrons. The zero-order chi connectivity index (χ0) is 33.9. The van der Waals surface area contributed by atoms with E-state index in [0.717, 1.165) is 17.1 Å². The highest BCUT2D eigenvalue weighted by Crippen LogP contribution is 2.43. The average molecular weight is 680 g/mol. The number of hydrogen-bond acceptors (Lipinski definition) is 1. The van der Waals surface area contributed by atoms with Gasteiger partial charge in [-0.3, -0.25) is 0 Å². The maximum absolute atomic E-state index is 2.53. The van der Waals surface area contributed by atoms with Crippen molar-refractivity contribution in [1.82, 2.24) is 13.7 Å². The Morgan fingerprint density at radius 1 is 0.288 bits per heavy atom. The summed E-state index contributed by atoms with van der Waals surface area (Å²) in [5, 5.41) is 10.1. The van der Waals surface area contributed by atoms with E-state index in [1.807, 2.05) is 11.3 Å². The molecule has 0 amide bonds. The summed E-state index contributed by atoms with van der Waals surface area (Å²) in [5.74, 6) is 0. The van der Waals surface area contributed by atoms with Crippen LogP contribution in [-0.4, -0.2) is 13.7 Å². The van der Waals surface area contributed by atoms with Crippen LogP contribution in [0.2, 0.25) is 0 Å². The first-order valence-electron chi connectivity index (χ1n) is 17.8. The summed E-state index contributed by atoms with van der Waals surface area (Å²) in [6.45, 7) is 0. The number of benzene rings is 8. The van der Waals surface area contributed by atoms with Crippen LogP contribution in [0, 0.1) is 0 Å². The Kier molecular flexibility index (Phi) is 5.65. The van der Waals surface area contributed by atoms with Crippen molar-refractivity contribution in [2.24, 2.45) is 0 Å². The molecule has 0 fully saturated rings.